The van der Waals surface area contributed by atoms with Gasteiger partial charge in [-0.15, -0.1) is 4.40 Å². The molecule has 0 saturated carbocycles. The van der Waals surface area contributed by atoms with E-state index in [0.29, 0.717) is 10.7 Å². The largest absolute Gasteiger partial charge is 0.370 e. The van der Waals surface area contributed by atoms with Crippen molar-refractivity contribution < 1.29 is 17.2 Å². The third-order valence-corrected chi connectivity index (χ3v) is 7.36. The number of hydrogen-bond acceptors (Lipinski definition) is 3. The molecule has 1 fully saturated rings. The molecule has 35 heavy (non-hydrogen) atoms. The van der Waals surface area contributed by atoms with Crippen LogP contribution in [0, 0.1) is 0 Å². The number of aliphatic imine (C=N–C) groups is 1. The van der Waals surface area contributed by atoms with Crippen molar-refractivity contribution in [3.63, 3.8) is 0 Å². The smallest absolute Gasteiger partial charge is 0.325 e. The second-order valence-corrected chi connectivity index (χ2v) is 10.2. The van der Waals surface area contributed by atoms with Crippen molar-refractivity contribution in [2.45, 2.75) is 24.7 Å². The molecule has 186 valence electrons. The summed E-state index contributed by atoms with van der Waals surface area (Å²) >= 11 is 6.04. The van der Waals surface area contributed by atoms with Crippen LogP contribution in [-0.2, 0) is 10.2 Å². The number of alkyl halides is 2. The number of piperidine rings is 1. The molecule has 0 spiro atoms. The van der Waals surface area contributed by atoms with E-state index in [1.54, 1.807) is 12.1 Å². The lowest BCUT2D eigenvalue weighted by Crippen LogP contribution is -2.42. The van der Waals surface area contributed by atoms with Gasteiger partial charge < -0.3 is 11.5 Å². The molecule has 2 aromatic carbocycles. The monoisotopic (exact) mass is 523 g/mol. The lowest BCUT2D eigenvalue weighted by molar-refractivity contribution is -0.0411. The van der Waals surface area contributed by atoms with Crippen molar-refractivity contribution in [3.8, 4) is 0 Å². The highest BCUT2D eigenvalue weighted by molar-refractivity contribution is 7.87. The average molecular weight is 524 g/mol. The Bertz CT molecular complexity index is 1250. The molecule has 0 radical (unpaired) electrons. The van der Waals surface area contributed by atoms with Crippen LogP contribution in [0.4, 0.5) is 8.78 Å². The summed E-state index contributed by atoms with van der Waals surface area (Å²) < 4.78 is 57.6. The zero-order valence-corrected chi connectivity index (χ0v) is 20.1. The molecule has 4 rings (SSSR count). The summed E-state index contributed by atoms with van der Waals surface area (Å²) in [5.41, 5.74) is 13.5. The summed E-state index contributed by atoms with van der Waals surface area (Å²) in [6, 6.07) is 16.6. The Morgan fingerprint density at radius 3 is 2.29 bits per heavy atom. The van der Waals surface area contributed by atoms with E-state index in [1.807, 2.05) is 42.5 Å². The van der Waals surface area contributed by atoms with Crippen molar-refractivity contribution in [2.24, 2.45) is 26.0 Å². The number of hydrogen-bond donors (Lipinski definition) is 2. The first-order chi connectivity index (χ1) is 16.5. The number of hydrazone groups is 1. The first-order valence-electron chi connectivity index (χ1n) is 10.8. The van der Waals surface area contributed by atoms with Gasteiger partial charge in [0.2, 0.25) is 0 Å². The number of benzene rings is 2. The van der Waals surface area contributed by atoms with Crippen LogP contribution in [-0.4, -0.2) is 60.9 Å². The molecule has 2 aliphatic heterocycles. The molecule has 4 N–H and O–H groups in total. The van der Waals surface area contributed by atoms with Crippen LogP contribution in [0.2, 0.25) is 5.02 Å². The second-order valence-electron chi connectivity index (χ2n) is 8.20. The number of halogens is 3. The second kappa shape index (κ2) is 9.88. The average Bonchev–Trinajstić information content (AvgIpc) is 3.24. The summed E-state index contributed by atoms with van der Waals surface area (Å²) in [6.45, 7) is -0.523. The Labute approximate surface area is 207 Å². The Morgan fingerprint density at radius 2 is 1.69 bits per heavy atom. The van der Waals surface area contributed by atoms with Crippen LogP contribution in [0.15, 0.2) is 69.1 Å². The van der Waals surface area contributed by atoms with Gasteiger partial charge in [-0.05, 0) is 23.3 Å². The maximum Gasteiger partial charge on any atom is 0.325 e. The zero-order valence-electron chi connectivity index (χ0n) is 18.6. The van der Waals surface area contributed by atoms with Gasteiger partial charge in [-0.2, -0.15) is 22.8 Å². The predicted octanol–water partition coefficient (Wildman–Crippen LogP) is 2.75. The number of nitrogens with two attached hydrogens (primary N) is 2. The van der Waals surface area contributed by atoms with Crippen molar-refractivity contribution in [3.05, 3.63) is 70.7 Å². The van der Waals surface area contributed by atoms with Gasteiger partial charge in [-0.1, -0.05) is 54.1 Å². The molecule has 0 aliphatic carbocycles. The molecule has 1 atom stereocenters. The number of nitrogens with zero attached hydrogens (tertiary/aromatic N) is 5. The molecule has 0 aromatic heterocycles. The molecule has 1 saturated heterocycles. The van der Waals surface area contributed by atoms with Gasteiger partial charge in [-0.3, -0.25) is 0 Å². The fraction of sp³-hybridized carbons (Fsp3) is 0.318. The maximum atomic E-state index is 13.5. The molecule has 0 amide bonds. The third kappa shape index (κ3) is 5.95. The first-order valence-corrected chi connectivity index (χ1v) is 12.6. The van der Waals surface area contributed by atoms with E-state index in [4.69, 9.17) is 23.1 Å². The van der Waals surface area contributed by atoms with Crippen LogP contribution < -0.4 is 11.5 Å². The fourth-order valence-electron chi connectivity index (χ4n) is 3.90. The van der Waals surface area contributed by atoms with Crippen LogP contribution in [0.3, 0.4) is 0 Å². The van der Waals surface area contributed by atoms with Gasteiger partial charge in [0.15, 0.2) is 5.96 Å². The highest BCUT2D eigenvalue weighted by Crippen LogP contribution is 2.31. The van der Waals surface area contributed by atoms with E-state index in [9.17, 15) is 17.2 Å². The van der Waals surface area contributed by atoms with Gasteiger partial charge in [0, 0.05) is 36.9 Å². The van der Waals surface area contributed by atoms with E-state index in [2.05, 4.69) is 14.5 Å². The van der Waals surface area contributed by atoms with E-state index in [1.165, 1.54) is 5.01 Å². The normalized spacial score (nSPS) is 21.0. The quantitative estimate of drug-likeness (QED) is 0.470. The summed E-state index contributed by atoms with van der Waals surface area (Å²) in [7, 11) is -4.34. The Hall–Kier alpha value is -3.09. The molecular formula is C22H24ClF2N7O2S. The lowest BCUT2D eigenvalue weighted by atomic mass is 9.91. The molecule has 2 aromatic rings. The predicted molar refractivity (Wildman–Crippen MR) is 132 cm³/mol. The van der Waals surface area contributed by atoms with Crippen LogP contribution in [0.25, 0.3) is 0 Å². The number of guanidine groups is 2. The third-order valence-electron chi connectivity index (χ3n) is 5.69. The summed E-state index contributed by atoms with van der Waals surface area (Å²) in [6.07, 6.45) is -1.17. The van der Waals surface area contributed by atoms with Gasteiger partial charge in [-0.25, -0.2) is 13.8 Å². The fourth-order valence-corrected chi connectivity index (χ4v) is 5.13. The Morgan fingerprint density at radius 1 is 1.06 bits per heavy atom. The standard InChI is InChI=1S/C22H24ClF2N7O2S/c23-17-8-6-16(7-9-17)19-18(15-4-2-1-3-5-15)14-32(29-19)21(28-20(26)27)30-35(33,34)31-12-10-22(24,25)11-13-31/h1-9,18H,10-14H2,(H4,26,27,28,30)/t18-/m0/s1. The minimum atomic E-state index is -4.34. The minimum absolute atomic E-state index is 0.200. The summed E-state index contributed by atoms with van der Waals surface area (Å²) in [4.78, 5) is 3.90. The highest BCUT2D eigenvalue weighted by Gasteiger charge is 2.39. The topological polar surface area (TPSA) is 130 Å². The van der Waals surface area contributed by atoms with E-state index in [0.717, 1.165) is 15.4 Å². The molecule has 2 heterocycles. The molecule has 0 unspecified atom stereocenters. The van der Waals surface area contributed by atoms with Crippen molar-refractivity contribution in [1.29, 1.82) is 0 Å². The van der Waals surface area contributed by atoms with Crippen molar-refractivity contribution in [2.75, 3.05) is 19.6 Å². The van der Waals surface area contributed by atoms with E-state index >= 15 is 0 Å². The Kier molecular flexibility index (Phi) is 7.06. The molecule has 13 heteroatoms. The van der Waals surface area contributed by atoms with Crippen LogP contribution >= 0.6 is 11.6 Å². The van der Waals surface area contributed by atoms with Gasteiger partial charge >= 0.3 is 10.2 Å². The van der Waals surface area contributed by atoms with Crippen molar-refractivity contribution in [1.82, 2.24) is 9.31 Å². The SMILES string of the molecule is NC(N)=NC(=NS(=O)(=O)N1CCC(F)(F)CC1)N1C[C@@H](c2ccccc2)C(c2ccc(Cl)cc2)=N1. The van der Waals surface area contributed by atoms with E-state index in [-0.39, 0.29) is 31.5 Å². The van der Waals surface area contributed by atoms with E-state index < -0.39 is 34.9 Å². The Balaban J connectivity index is 1.72. The van der Waals surface area contributed by atoms with Gasteiger partial charge in [0.25, 0.3) is 11.9 Å². The molecular weight excluding hydrogens is 500 g/mol. The molecule has 9 nitrogen and oxygen atoms in total. The highest BCUT2D eigenvalue weighted by atomic mass is 35.5. The van der Waals surface area contributed by atoms with Crippen LogP contribution in [0.5, 0.6) is 0 Å². The molecule has 0 bridgehead atoms. The molecule has 2 aliphatic rings. The maximum absolute atomic E-state index is 13.5. The minimum Gasteiger partial charge on any atom is -0.370 e. The summed E-state index contributed by atoms with van der Waals surface area (Å²) in [5, 5.41) is 6.47. The zero-order chi connectivity index (χ0) is 25.2. The van der Waals surface area contributed by atoms with Crippen LogP contribution in [0.1, 0.15) is 29.9 Å². The van der Waals surface area contributed by atoms with Gasteiger partial charge in [0.05, 0.1) is 12.3 Å². The summed E-state index contributed by atoms with van der Waals surface area (Å²) in [5.74, 6) is -3.94. The van der Waals surface area contributed by atoms with Crippen molar-refractivity contribution >= 4 is 39.4 Å². The lowest BCUT2D eigenvalue weighted by Gasteiger charge is -2.29. The van der Waals surface area contributed by atoms with Gasteiger partial charge in [0.1, 0.15) is 0 Å². The number of rotatable bonds is 4. The first kappa shape index (κ1) is 25.0.